The first-order valence-electron chi connectivity index (χ1n) is 6.97. The van der Waals surface area contributed by atoms with Crippen LogP contribution in [0.4, 0.5) is 5.69 Å². The number of rotatable bonds is 3. The molecule has 1 aromatic carbocycles. The zero-order valence-corrected chi connectivity index (χ0v) is 11.3. The molecule has 0 amide bonds. The summed E-state index contributed by atoms with van der Waals surface area (Å²) in [5, 5.41) is 12.4. The monoisotopic (exact) mass is 242 g/mol. The largest absolute Gasteiger partial charge is 0.382 e. The second-order valence-electron chi connectivity index (χ2n) is 5.63. The zero-order chi connectivity index (χ0) is 13.0. The summed E-state index contributed by atoms with van der Waals surface area (Å²) in [6, 6.07) is 10.6. The number of hydrogen-bond acceptors (Lipinski definition) is 2. The molecule has 0 saturated heterocycles. The van der Waals surface area contributed by atoms with Gasteiger partial charge in [0.2, 0.25) is 0 Å². The highest BCUT2D eigenvalue weighted by Gasteiger charge is 2.27. The molecule has 2 nitrogen and oxygen atoms in total. The van der Waals surface area contributed by atoms with Crippen LogP contribution in [0.3, 0.4) is 0 Å². The van der Waals surface area contributed by atoms with Gasteiger partial charge in [-0.25, -0.2) is 0 Å². The molecular weight excluding hydrogens is 220 g/mol. The van der Waals surface area contributed by atoms with Crippen molar-refractivity contribution in [3.05, 3.63) is 29.8 Å². The van der Waals surface area contributed by atoms with Crippen LogP contribution < -0.4 is 5.32 Å². The van der Waals surface area contributed by atoms with Crippen LogP contribution in [0, 0.1) is 23.2 Å². The molecule has 1 N–H and O–H groups in total. The molecule has 2 rings (SSSR count). The highest BCUT2D eigenvalue weighted by molar-refractivity contribution is 5.48. The van der Waals surface area contributed by atoms with Gasteiger partial charge in [-0.2, -0.15) is 5.26 Å². The summed E-state index contributed by atoms with van der Waals surface area (Å²) < 4.78 is 0. The Labute approximate surface area is 110 Å². The number of nitrogens with one attached hydrogen (secondary N) is 1. The summed E-state index contributed by atoms with van der Waals surface area (Å²) in [5.41, 5.74) is 1.87. The first-order chi connectivity index (χ1) is 8.70. The molecule has 18 heavy (non-hydrogen) atoms. The Morgan fingerprint density at radius 3 is 2.44 bits per heavy atom. The van der Waals surface area contributed by atoms with Gasteiger partial charge in [-0.05, 0) is 48.9 Å². The van der Waals surface area contributed by atoms with Crippen LogP contribution in [0.1, 0.15) is 45.1 Å². The van der Waals surface area contributed by atoms with Crippen molar-refractivity contribution in [3.8, 4) is 6.07 Å². The molecule has 1 aliphatic carbocycles. The molecule has 1 aliphatic rings. The van der Waals surface area contributed by atoms with Gasteiger partial charge in [0, 0.05) is 11.7 Å². The van der Waals surface area contributed by atoms with Crippen molar-refractivity contribution < 1.29 is 0 Å². The van der Waals surface area contributed by atoms with Crippen molar-refractivity contribution in [2.24, 2.45) is 11.8 Å². The van der Waals surface area contributed by atoms with Crippen LogP contribution in [0.25, 0.3) is 0 Å². The molecule has 0 spiro atoms. The van der Waals surface area contributed by atoms with Gasteiger partial charge in [-0.3, -0.25) is 0 Å². The molecule has 2 heteroatoms. The van der Waals surface area contributed by atoms with Gasteiger partial charge in [-0.1, -0.05) is 26.7 Å². The maximum Gasteiger partial charge on any atom is 0.0991 e. The fraction of sp³-hybridized carbons (Fsp3) is 0.562. The van der Waals surface area contributed by atoms with Crippen LogP contribution in [-0.4, -0.2) is 6.04 Å². The van der Waals surface area contributed by atoms with E-state index in [9.17, 15) is 0 Å². The predicted octanol–water partition coefficient (Wildman–Crippen LogP) is 4.18. The van der Waals surface area contributed by atoms with E-state index < -0.39 is 0 Å². The second-order valence-corrected chi connectivity index (χ2v) is 5.63. The van der Waals surface area contributed by atoms with E-state index in [0.29, 0.717) is 6.04 Å². The lowest BCUT2D eigenvalue weighted by molar-refractivity contribution is 0.254. The van der Waals surface area contributed by atoms with Crippen molar-refractivity contribution in [2.45, 2.75) is 45.6 Å². The standard InChI is InChI=1S/C16H22N2/c1-12(2)15-5-3-4-6-16(15)18-14-9-7-13(11-17)8-10-14/h7-10,12,15-16,18H,3-6H2,1-2H3. The Hall–Kier alpha value is -1.49. The molecule has 0 aromatic heterocycles. The van der Waals surface area contributed by atoms with Crippen molar-refractivity contribution >= 4 is 5.69 Å². The second kappa shape index (κ2) is 5.91. The van der Waals surface area contributed by atoms with E-state index in [1.54, 1.807) is 0 Å². The SMILES string of the molecule is CC(C)C1CCCCC1Nc1ccc(C#N)cc1. The fourth-order valence-electron chi connectivity index (χ4n) is 2.99. The minimum Gasteiger partial charge on any atom is -0.382 e. The minimum atomic E-state index is 0.590. The van der Waals surface area contributed by atoms with E-state index in [4.69, 9.17) is 5.26 Å². The summed E-state index contributed by atoms with van der Waals surface area (Å²) in [6.07, 6.45) is 5.31. The van der Waals surface area contributed by atoms with E-state index in [-0.39, 0.29) is 0 Å². The molecule has 96 valence electrons. The molecule has 0 aliphatic heterocycles. The highest BCUT2D eigenvalue weighted by Crippen LogP contribution is 2.32. The quantitative estimate of drug-likeness (QED) is 0.862. The first-order valence-corrected chi connectivity index (χ1v) is 6.97. The predicted molar refractivity (Wildman–Crippen MR) is 75.4 cm³/mol. The third-order valence-electron chi connectivity index (χ3n) is 4.04. The number of nitrogens with zero attached hydrogens (tertiary/aromatic N) is 1. The summed E-state index contributed by atoms with van der Waals surface area (Å²) in [7, 11) is 0. The Morgan fingerprint density at radius 2 is 1.83 bits per heavy atom. The minimum absolute atomic E-state index is 0.590. The Balaban J connectivity index is 2.04. The van der Waals surface area contributed by atoms with E-state index in [1.807, 2.05) is 24.3 Å². The summed E-state index contributed by atoms with van der Waals surface area (Å²) in [4.78, 5) is 0. The average Bonchev–Trinajstić information content (AvgIpc) is 2.40. The molecule has 1 fully saturated rings. The fourth-order valence-corrected chi connectivity index (χ4v) is 2.99. The summed E-state index contributed by atoms with van der Waals surface area (Å²) >= 11 is 0. The molecule has 0 heterocycles. The summed E-state index contributed by atoms with van der Waals surface area (Å²) in [5.74, 6) is 1.51. The van der Waals surface area contributed by atoms with E-state index >= 15 is 0 Å². The lowest BCUT2D eigenvalue weighted by atomic mass is 9.78. The highest BCUT2D eigenvalue weighted by atomic mass is 14.9. The van der Waals surface area contributed by atoms with Crippen LogP contribution in [0.5, 0.6) is 0 Å². The molecule has 1 saturated carbocycles. The number of hydrogen-bond donors (Lipinski definition) is 1. The van der Waals surface area contributed by atoms with Crippen molar-refractivity contribution in [2.75, 3.05) is 5.32 Å². The van der Waals surface area contributed by atoms with Gasteiger partial charge in [0.05, 0.1) is 11.6 Å². The lowest BCUT2D eigenvalue weighted by Gasteiger charge is -2.35. The molecule has 0 bridgehead atoms. The average molecular weight is 242 g/mol. The number of nitriles is 1. The molecule has 2 unspecified atom stereocenters. The van der Waals surface area contributed by atoms with E-state index in [0.717, 1.165) is 23.1 Å². The third-order valence-corrected chi connectivity index (χ3v) is 4.04. The van der Waals surface area contributed by atoms with Crippen LogP contribution in [0.15, 0.2) is 24.3 Å². The van der Waals surface area contributed by atoms with Crippen LogP contribution in [0.2, 0.25) is 0 Å². The molecule has 1 aromatic rings. The summed E-state index contributed by atoms with van der Waals surface area (Å²) in [6.45, 7) is 4.65. The van der Waals surface area contributed by atoms with Crippen molar-refractivity contribution in [1.29, 1.82) is 5.26 Å². The number of benzene rings is 1. The van der Waals surface area contributed by atoms with Gasteiger partial charge in [-0.15, -0.1) is 0 Å². The molecule has 0 radical (unpaired) electrons. The van der Waals surface area contributed by atoms with Crippen LogP contribution in [-0.2, 0) is 0 Å². The molecule has 2 atom stereocenters. The van der Waals surface area contributed by atoms with Gasteiger partial charge in [0.25, 0.3) is 0 Å². The van der Waals surface area contributed by atoms with Crippen molar-refractivity contribution in [3.63, 3.8) is 0 Å². The first kappa shape index (κ1) is 13.0. The van der Waals surface area contributed by atoms with Crippen molar-refractivity contribution in [1.82, 2.24) is 0 Å². The Bertz CT molecular complexity index is 414. The van der Waals surface area contributed by atoms with Gasteiger partial charge < -0.3 is 5.32 Å². The maximum absolute atomic E-state index is 8.79. The smallest absolute Gasteiger partial charge is 0.0991 e. The maximum atomic E-state index is 8.79. The topological polar surface area (TPSA) is 35.8 Å². The van der Waals surface area contributed by atoms with Gasteiger partial charge >= 0.3 is 0 Å². The normalized spacial score (nSPS) is 23.7. The van der Waals surface area contributed by atoms with E-state index in [1.165, 1.54) is 25.7 Å². The lowest BCUT2D eigenvalue weighted by Crippen LogP contribution is -2.35. The van der Waals surface area contributed by atoms with Gasteiger partial charge in [0.1, 0.15) is 0 Å². The third kappa shape index (κ3) is 3.04. The Kier molecular flexibility index (Phi) is 4.25. The number of anilines is 1. The Morgan fingerprint density at radius 1 is 1.17 bits per heavy atom. The van der Waals surface area contributed by atoms with E-state index in [2.05, 4.69) is 25.2 Å². The van der Waals surface area contributed by atoms with Crippen LogP contribution >= 0.6 is 0 Å². The zero-order valence-electron chi connectivity index (χ0n) is 11.3. The molecular formula is C16H22N2. The van der Waals surface area contributed by atoms with Gasteiger partial charge in [0.15, 0.2) is 0 Å².